The van der Waals surface area contributed by atoms with Gasteiger partial charge in [0, 0.05) is 26.7 Å². The molecule has 5 heteroatoms. The molecule has 2 aliphatic rings. The monoisotopic (exact) mass is 241 g/mol. The normalized spacial score (nSPS) is 23.8. The van der Waals surface area contributed by atoms with Gasteiger partial charge in [-0.2, -0.15) is 0 Å². The number of nitrogens with two attached hydrogens (primary N) is 1. The van der Waals surface area contributed by atoms with Crippen molar-refractivity contribution in [3.05, 3.63) is 0 Å². The molecule has 0 aromatic carbocycles. The second-order valence-corrected chi connectivity index (χ2v) is 5.08. The van der Waals surface area contributed by atoms with E-state index < -0.39 is 0 Å². The number of urea groups is 1. The number of ether oxygens (including phenoxy) is 1. The summed E-state index contributed by atoms with van der Waals surface area (Å²) in [7, 11) is 1.90. The minimum Gasteiger partial charge on any atom is -0.378 e. The summed E-state index contributed by atoms with van der Waals surface area (Å²) < 4.78 is 5.27. The lowest BCUT2D eigenvalue weighted by Gasteiger charge is -2.41. The lowest BCUT2D eigenvalue weighted by atomic mass is 9.96. The summed E-state index contributed by atoms with van der Waals surface area (Å²) in [4.78, 5) is 16.1. The maximum Gasteiger partial charge on any atom is 0.320 e. The smallest absolute Gasteiger partial charge is 0.320 e. The molecule has 5 nitrogen and oxygen atoms in total. The summed E-state index contributed by atoms with van der Waals surface area (Å²) in [5.74, 6) is 0. The fraction of sp³-hybridized carbons (Fsp3) is 0.917. The molecular formula is C12H23N3O2. The molecule has 2 amide bonds. The van der Waals surface area contributed by atoms with E-state index in [4.69, 9.17) is 10.5 Å². The first-order valence-corrected chi connectivity index (χ1v) is 6.50. The number of nitrogens with zero attached hydrogens (tertiary/aromatic N) is 2. The van der Waals surface area contributed by atoms with E-state index in [1.165, 1.54) is 12.8 Å². The summed E-state index contributed by atoms with van der Waals surface area (Å²) >= 11 is 0. The van der Waals surface area contributed by atoms with Crippen molar-refractivity contribution in [2.75, 3.05) is 39.9 Å². The molecule has 0 unspecified atom stereocenters. The van der Waals surface area contributed by atoms with Crippen LogP contribution < -0.4 is 5.73 Å². The van der Waals surface area contributed by atoms with Crippen molar-refractivity contribution in [1.82, 2.24) is 9.80 Å². The number of morpholine rings is 1. The van der Waals surface area contributed by atoms with Crippen molar-refractivity contribution >= 4 is 6.03 Å². The predicted octanol–water partition coefficient (Wildman–Crippen LogP) is 0.642. The molecule has 2 fully saturated rings. The zero-order valence-electron chi connectivity index (χ0n) is 10.7. The van der Waals surface area contributed by atoms with E-state index in [0.717, 1.165) is 12.8 Å². The van der Waals surface area contributed by atoms with E-state index in [1.54, 1.807) is 0 Å². The summed E-state index contributed by atoms with van der Waals surface area (Å²) in [6, 6.07) is 0.112. The van der Waals surface area contributed by atoms with Crippen LogP contribution in [0.2, 0.25) is 0 Å². The van der Waals surface area contributed by atoms with Gasteiger partial charge in [-0.1, -0.05) is 12.8 Å². The summed E-state index contributed by atoms with van der Waals surface area (Å²) in [6.45, 7) is 3.26. The van der Waals surface area contributed by atoms with Gasteiger partial charge in [-0.05, 0) is 12.8 Å². The fourth-order valence-corrected chi connectivity index (χ4v) is 2.88. The van der Waals surface area contributed by atoms with Gasteiger partial charge in [0.1, 0.15) is 0 Å². The molecule has 98 valence electrons. The predicted molar refractivity (Wildman–Crippen MR) is 65.8 cm³/mol. The van der Waals surface area contributed by atoms with Crippen molar-refractivity contribution < 1.29 is 9.53 Å². The Hall–Kier alpha value is -0.810. The summed E-state index contributed by atoms with van der Waals surface area (Å²) in [6.07, 6.45) is 4.43. The molecule has 0 radical (unpaired) electrons. The van der Waals surface area contributed by atoms with Gasteiger partial charge in [-0.15, -0.1) is 0 Å². The zero-order valence-corrected chi connectivity index (χ0v) is 10.7. The molecule has 2 rings (SSSR count). The van der Waals surface area contributed by atoms with Gasteiger partial charge in [0.2, 0.25) is 0 Å². The quantitative estimate of drug-likeness (QED) is 0.772. The van der Waals surface area contributed by atoms with Crippen molar-refractivity contribution in [1.29, 1.82) is 0 Å². The number of carbonyl (C=O) groups is 1. The molecule has 1 saturated heterocycles. The highest BCUT2D eigenvalue weighted by Crippen LogP contribution is 2.34. The van der Waals surface area contributed by atoms with Gasteiger partial charge in [0.15, 0.2) is 0 Å². The van der Waals surface area contributed by atoms with E-state index in [-0.39, 0.29) is 11.6 Å². The van der Waals surface area contributed by atoms with Crippen LogP contribution in [0.4, 0.5) is 4.79 Å². The Kier molecular flexibility index (Phi) is 3.89. The van der Waals surface area contributed by atoms with E-state index in [2.05, 4.69) is 0 Å². The molecule has 1 heterocycles. The Morgan fingerprint density at radius 3 is 2.47 bits per heavy atom. The third-order valence-electron chi connectivity index (χ3n) is 4.19. The number of hydrogen-bond donors (Lipinski definition) is 1. The second kappa shape index (κ2) is 5.23. The number of amides is 2. The van der Waals surface area contributed by atoms with Crippen LogP contribution in [0.25, 0.3) is 0 Å². The number of rotatable bonds is 2. The zero-order chi connectivity index (χ0) is 12.3. The molecule has 1 aliphatic heterocycles. The lowest BCUT2D eigenvalue weighted by Crippen LogP contribution is -2.57. The van der Waals surface area contributed by atoms with Crippen LogP contribution in [0.1, 0.15) is 25.7 Å². The SMILES string of the molecule is CN(C(=O)N1CCOCC1)C1(CN)CCCC1. The molecule has 1 saturated carbocycles. The molecule has 0 atom stereocenters. The first-order valence-electron chi connectivity index (χ1n) is 6.50. The number of carbonyl (C=O) groups excluding carboxylic acids is 1. The van der Waals surface area contributed by atoms with Crippen molar-refractivity contribution in [3.63, 3.8) is 0 Å². The Bertz CT molecular complexity index is 271. The van der Waals surface area contributed by atoms with Crippen LogP contribution in [-0.2, 0) is 4.74 Å². The molecule has 17 heavy (non-hydrogen) atoms. The van der Waals surface area contributed by atoms with Crippen LogP contribution in [0, 0.1) is 0 Å². The van der Waals surface area contributed by atoms with Crippen LogP contribution in [0.5, 0.6) is 0 Å². The van der Waals surface area contributed by atoms with Crippen molar-refractivity contribution in [2.45, 2.75) is 31.2 Å². The second-order valence-electron chi connectivity index (χ2n) is 5.08. The number of hydrogen-bond acceptors (Lipinski definition) is 3. The number of likely N-dealkylation sites (N-methyl/N-ethyl adjacent to an activating group) is 1. The Morgan fingerprint density at radius 2 is 1.94 bits per heavy atom. The molecule has 0 spiro atoms. The Balaban J connectivity index is 2.02. The van der Waals surface area contributed by atoms with Gasteiger partial charge in [-0.25, -0.2) is 4.79 Å². The third-order valence-corrected chi connectivity index (χ3v) is 4.19. The van der Waals surface area contributed by atoms with Crippen LogP contribution in [0.3, 0.4) is 0 Å². The highest BCUT2D eigenvalue weighted by atomic mass is 16.5. The maximum atomic E-state index is 12.4. The van der Waals surface area contributed by atoms with Crippen molar-refractivity contribution in [2.24, 2.45) is 5.73 Å². The highest BCUT2D eigenvalue weighted by Gasteiger charge is 2.40. The average Bonchev–Trinajstić information content (AvgIpc) is 2.88. The molecule has 0 aromatic heterocycles. The fourth-order valence-electron chi connectivity index (χ4n) is 2.88. The average molecular weight is 241 g/mol. The largest absolute Gasteiger partial charge is 0.378 e. The Labute approximate surface area is 103 Å². The van der Waals surface area contributed by atoms with Gasteiger partial charge in [0.05, 0.1) is 18.8 Å². The molecule has 1 aliphatic carbocycles. The van der Waals surface area contributed by atoms with Gasteiger partial charge in [0.25, 0.3) is 0 Å². The molecule has 0 aromatic rings. The van der Waals surface area contributed by atoms with Crippen LogP contribution >= 0.6 is 0 Å². The molecule has 2 N–H and O–H groups in total. The molecule has 0 bridgehead atoms. The van der Waals surface area contributed by atoms with Gasteiger partial charge < -0.3 is 20.3 Å². The summed E-state index contributed by atoms with van der Waals surface area (Å²) in [5.41, 5.74) is 5.80. The van der Waals surface area contributed by atoms with Crippen molar-refractivity contribution in [3.8, 4) is 0 Å². The molecular weight excluding hydrogens is 218 g/mol. The Morgan fingerprint density at radius 1 is 1.35 bits per heavy atom. The van der Waals surface area contributed by atoms with Crippen LogP contribution in [-0.4, -0.2) is 61.3 Å². The maximum absolute atomic E-state index is 12.4. The van der Waals surface area contributed by atoms with E-state index in [0.29, 0.717) is 32.8 Å². The van der Waals surface area contributed by atoms with Gasteiger partial charge >= 0.3 is 6.03 Å². The minimum absolute atomic E-state index is 0.102. The lowest BCUT2D eigenvalue weighted by molar-refractivity contribution is 0.0340. The first-order chi connectivity index (χ1) is 8.19. The minimum atomic E-state index is -0.102. The highest BCUT2D eigenvalue weighted by molar-refractivity contribution is 5.75. The van der Waals surface area contributed by atoms with E-state index in [9.17, 15) is 4.79 Å². The summed E-state index contributed by atoms with van der Waals surface area (Å²) in [5, 5.41) is 0. The van der Waals surface area contributed by atoms with E-state index in [1.807, 2.05) is 16.8 Å². The van der Waals surface area contributed by atoms with Gasteiger partial charge in [-0.3, -0.25) is 0 Å². The van der Waals surface area contributed by atoms with E-state index >= 15 is 0 Å². The third kappa shape index (κ3) is 2.40. The first kappa shape index (κ1) is 12.6. The topological polar surface area (TPSA) is 58.8 Å². The standard InChI is InChI=1S/C12H23N3O2/c1-14(12(10-13)4-2-3-5-12)11(16)15-6-8-17-9-7-15/h2-10,13H2,1H3. The van der Waals surface area contributed by atoms with Crippen LogP contribution in [0.15, 0.2) is 0 Å².